The summed E-state index contributed by atoms with van der Waals surface area (Å²) in [6.45, 7) is 4.13. The van der Waals surface area contributed by atoms with E-state index in [4.69, 9.17) is 9.73 Å². The van der Waals surface area contributed by atoms with Crippen LogP contribution in [0.4, 0.5) is 5.69 Å². The van der Waals surface area contributed by atoms with Gasteiger partial charge in [0.15, 0.2) is 5.78 Å². The summed E-state index contributed by atoms with van der Waals surface area (Å²) < 4.78 is 5.39. The van der Waals surface area contributed by atoms with Crippen LogP contribution in [0, 0.1) is 0 Å². The second-order valence-electron chi connectivity index (χ2n) is 9.38. The molecule has 1 aromatic heterocycles. The van der Waals surface area contributed by atoms with E-state index < -0.39 is 0 Å². The van der Waals surface area contributed by atoms with Crippen molar-refractivity contribution in [2.75, 3.05) is 12.4 Å². The zero-order valence-corrected chi connectivity index (χ0v) is 19.9. The Hall–Kier alpha value is -4.26. The summed E-state index contributed by atoms with van der Waals surface area (Å²) in [5.74, 6) is 0.356. The molecule has 0 aliphatic carbocycles. The normalized spacial score (nSPS) is 14.2. The highest BCUT2D eigenvalue weighted by Gasteiger charge is 2.28. The number of ether oxygens (including phenoxy) is 1. The van der Waals surface area contributed by atoms with Gasteiger partial charge >= 0.3 is 0 Å². The number of carbonyl (C=O) groups is 2. The molecular weight excluding hydrogens is 440 g/mol. The lowest BCUT2D eigenvalue weighted by molar-refractivity contribution is 0.100. The number of carbonyl (C=O) groups excluding carboxylic acids is 2. The van der Waals surface area contributed by atoms with Crippen molar-refractivity contribution in [3.63, 3.8) is 0 Å². The molecule has 4 aromatic rings. The molecule has 7 heteroatoms. The average molecular weight is 467 g/mol. The number of Topliss-reactive ketones (excluding diaryl/α,β-unsaturated/α-hetero) is 1. The third-order valence-corrected chi connectivity index (χ3v) is 6.16. The number of benzene rings is 3. The molecule has 35 heavy (non-hydrogen) atoms. The summed E-state index contributed by atoms with van der Waals surface area (Å²) >= 11 is 0. The Labute approximate surface area is 203 Å². The number of aromatic amines is 1. The summed E-state index contributed by atoms with van der Waals surface area (Å²) in [6, 6.07) is 18.2. The van der Waals surface area contributed by atoms with Gasteiger partial charge in [0.25, 0.3) is 5.91 Å². The van der Waals surface area contributed by atoms with Crippen LogP contribution in [-0.4, -0.2) is 40.2 Å². The fourth-order valence-electron chi connectivity index (χ4n) is 4.48. The Morgan fingerprint density at radius 1 is 1.06 bits per heavy atom. The van der Waals surface area contributed by atoms with E-state index >= 15 is 0 Å². The molecule has 7 nitrogen and oxygen atoms in total. The molecule has 1 aliphatic heterocycles. The molecule has 176 valence electrons. The third-order valence-electron chi connectivity index (χ3n) is 6.16. The number of aromatic nitrogens is 2. The van der Waals surface area contributed by atoms with Gasteiger partial charge in [-0.15, -0.1) is 0 Å². The zero-order chi connectivity index (χ0) is 24.6. The van der Waals surface area contributed by atoms with Gasteiger partial charge in [-0.2, -0.15) is 5.10 Å². The molecule has 1 amide bonds. The molecule has 2 N–H and O–H groups in total. The number of nitrogens with one attached hydrogen (secondary N) is 2. The van der Waals surface area contributed by atoms with Crippen LogP contribution in [0.5, 0.6) is 5.75 Å². The van der Waals surface area contributed by atoms with Crippen molar-refractivity contribution >= 4 is 34.0 Å². The second-order valence-corrected chi connectivity index (χ2v) is 9.38. The van der Waals surface area contributed by atoms with Crippen LogP contribution < -0.4 is 10.1 Å². The summed E-state index contributed by atoms with van der Waals surface area (Å²) in [6.07, 6.45) is 2.64. The molecule has 0 saturated carbocycles. The Balaban J connectivity index is 1.37. The summed E-state index contributed by atoms with van der Waals surface area (Å²) in [5.41, 5.74) is 4.97. The average Bonchev–Trinajstić information content (AvgIpc) is 3.31. The van der Waals surface area contributed by atoms with E-state index in [1.165, 1.54) is 0 Å². The van der Waals surface area contributed by atoms with Crippen molar-refractivity contribution in [3.8, 4) is 5.75 Å². The third kappa shape index (κ3) is 4.71. The SMILES string of the molecule is COc1ccc2c(c1)C(CC(=O)c1cccc(C(=O)Nc3ccc4[nH]ncc4c3)c1)=NC(C)(C)C2. The minimum absolute atomic E-state index is 0.0929. The number of aliphatic imine (C=N–C) groups is 1. The maximum absolute atomic E-state index is 13.3. The lowest BCUT2D eigenvalue weighted by atomic mass is 9.85. The predicted molar refractivity (Wildman–Crippen MR) is 137 cm³/mol. The second kappa shape index (κ2) is 8.83. The number of ketones is 1. The molecule has 0 atom stereocenters. The summed E-state index contributed by atoms with van der Waals surface area (Å²) in [5, 5.41) is 10.7. The molecular formula is C28H26N4O3. The first-order valence-electron chi connectivity index (χ1n) is 11.4. The minimum atomic E-state index is -0.297. The van der Waals surface area contributed by atoms with Crippen LogP contribution >= 0.6 is 0 Å². The number of anilines is 1. The van der Waals surface area contributed by atoms with E-state index in [-0.39, 0.29) is 23.7 Å². The van der Waals surface area contributed by atoms with Crippen molar-refractivity contribution in [2.24, 2.45) is 4.99 Å². The van der Waals surface area contributed by atoms with E-state index in [9.17, 15) is 9.59 Å². The molecule has 5 rings (SSSR count). The van der Waals surface area contributed by atoms with Crippen molar-refractivity contribution in [1.29, 1.82) is 0 Å². The lowest BCUT2D eigenvalue weighted by Gasteiger charge is -2.29. The molecule has 3 aromatic carbocycles. The first kappa shape index (κ1) is 22.5. The summed E-state index contributed by atoms with van der Waals surface area (Å²) in [4.78, 5) is 31.1. The van der Waals surface area contributed by atoms with Crippen molar-refractivity contribution in [1.82, 2.24) is 10.2 Å². The van der Waals surface area contributed by atoms with Gasteiger partial charge in [-0.25, -0.2) is 0 Å². The first-order chi connectivity index (χ1) is 16.8. The number of nitrogens with zero attached hydrogens (tertiary/aromatic N) is 2. The highest BCUT2D eigenvalue weighted by atomic mass is 16.5. The quantitative estimate of drug-likeness (QED) is 0.381. The highest BCUT2D eigenvalue weighted by Crippen LogP contribution is 2.31. The van der Waals surface area contributed by atoms with E-state index in [0.717, 1.165) is 39.9 Å². The molecule has 0 unspecified atom stereocenters. The predicted octanol–water partition coefficient (Wildman–Crippen LogP) is 5.22. The Kier molecular flexibility index (Phi) is 5.68. The van der Waals surface area contributed by atoms with Gasteiger partial charge in [0.05, 0.1) is 36.5 Å². The van der Waals surface area contributed by atoms with Gasteiger partial charge in [-0.05, 0) is 68.3 Å². The first-order valence-corrected chi connectivity index (χ1v) is 11.4. The highest BCUT2D eigenvalue weighted by molar-refractivity contribution is 6.17. The van der Waals surface area contributed by atoms with Crippen LogP contribution in [0.3, 0.4) is 0 Å². The number of H-pyrrole nitrogens is 1. The van der Waals surface area contributed by atoms with Gasteiger partial charge < -0.3 is 10.1 Å². The smallest absolute Gasteiger partial charge is 0.255 e. The molecule has 0 bridgehead atoms. The minimum Gasteiger partial charge on any atom is -0.497 e. The maximum atomic E-state index is 13.3. The fourth-order valence-corrected chi connectivity index (χ4v) is 4.48. The molecule has 0 spiro atoms. The van der Waals surface area contributed by atoms with Crippen molar-refractivity contribution in [3.05, 3.63) is 89.1 Å². The van der Waals surface area contributed by atoms with Crippen molar-refractivity contribution < 1.29 is 14.3 Å². The van der Waals surface area contributed by atoms with Gasteiger partial charge in [0, 0.05) is 27.8 Å². The molecule has 2 heterocycles. The van der Waals surface area contributed by atoms with Crippen LogP contribution in [0.2, 0.25) is 0 Å². The van der Waals surface area contributed by atoms with Crippen LogP contribution in [0.1, 0.15) is 52.1 Å². The van der Waals surface area contributed by atoms with Crippen LogP contribution in [-0.2, 0) is 6.42 Å². The number of rotatable bonds is 6. The number of amides is 1. The van der Waals surface area contributed by atoms with E-state index in [1.807, 2.05) is 36.4 Å². The van der Waals surface area contributed by atoms with Gasteiger partial charge in [0.2, 0.25) is 0 Å². The molecule has 1 aliphatic rings. The van der Waals surface area contributed by atoms with E-state index in [1.54, 1.807) is 37.6 Å². The Morgan fingerprint density at radius 3 is 2.71 bits per heavy atom. The Bertz CT molecular complexity index is 1480. The van der Waals surface area contributed by atoms with Gasteiger partial charge in [-0.1, -0.05) is 18.2 Å². The number of methoxy groups -OCH3 is 1. The monoisotopic (exact) mass is 466 g/mol. The van der Waals surface area contributed by atoms with E-state index in [0.29, 0.717) is 16.8 Å². The number of fused-ring (bicyclic) bond motifs is 2. The Morgan fingerprint density at radius 2 is 1.89 bits per heavy atom. The zero-order valence-electron chi connectivity index (χ0n) is 19.9. The molecule has 0 radical (unpaired) electrons. The topological polar surface area (TPSA) is 96.4 Å². The summed E-state index contributed by atoms with van der Waals surface area (Å²) in [7, 11) is 1.63. The van der Waals surface area contributed by atoms with Crippen molar-refractivity contribution in [2.45, 2.75) is 32.2 Å². The fraction of sp³-hybridized carbons (Fsp3) is 0.214. The standard InChI is InChI=1S/C28H26N4O3/c1-28(2)15-19-7-9-22(35-3)13-23(19)25(31-28)14-26(33)17-5-4-6-18(11-17)27(34)30-21-8-10-24-20(12-21)16-29-32-24/h4-13,16H,14-15H2,1-3H3,(H,29,32)(H,30,34). The number of hydrogen-bond acceptors (Lipinski definition) is 5. The maximum Gasteiger partial charge on any atom is 0.255 e. The van der Waals surface area contributed by atoms with Crippen LogP contribution in [0.25, 0.3) is 10.9 Å². The molecule has 0 saturated heterocycles. The lowest BCUT2D eigenvalue weighted by Crippen LogP contribution is -2.30. The van der Waals surface area contributed by atoms with Gasteiger partial charge in [-0.3, -0.25) is 19.7 Å². The number of hydrogen-bond donors (Lipinski definition) is 2. The van der Waals surface area contributed by atoms with Gasteiger partial charge in [0.1, 0.15) is 5.75 Å². The van der Waals surface area contributed by atoms with Crippen LogP contribution in [0.15, 0.2) is 71.9 Å². The largest absolute Gasteiger partial charge is 0.497 e. The van der Waals surface area contributed by atoms with E-state index in [2.05, 4.69) is 29.4 Å². The molecule has 0 fully saturated rings.